The fraction of sp³-hybridized carbons (Fsp3) is 0.459. The quantitative estimate of drug-likeness (QED) is 0.153. The van der Waals surface area contributed by atoms with Crippen molar-refractivity contribution in [2.24, 2.45) is 11.1 Å². The topological polar surface area (TPSA) is 205 Å². The number of amides is 4. The molecule has 53 heavy (non-hydrogen) atoms. The van der Waals surface area contributed by atoms with Crippen LogP contribution in [-0.4, -0.2) is 89.7 Å². The van der Waals surface area contributed by atoms with Gasteiger partial charge in [-0.05, 0) is 75.9 Å². The Balaban J connectivity index is 1.14. The van der Waals surface area contributed by atoms with Crippen LogP contribution in [0.25, 0.3) is 10.9 Å². The number of halogens is 1. The van der Waals surface area contributed by atoms with E-state index >= 15 is 4.39 Å². The first-order valence-corrected chi connectivity index (χ1v) is 17.9. The minimum atomic E-state index is -1.38. The SMILES string of the molecule is CCNC(=O)C1(C(=O)NC(CCCN)C(=O)Nc2ccc(COC(=O)N3CCN(c4cc5c(cc4F)c(=O)c(C(=O)O)cn5CC)CC3)cc2)CCC1. The highest BCUT2D eigenvalue weighted by atomic mass is 19.1. The van der Waals surface area contributed by atoms with Gasteiger partial charge in [0.25, 0.3) is 0 Å². The number of carboxylic acids is 1. The Morgan fingerprint density at radius 1 is 1.02 bits per heavy atom. The Bertz CT molecular complexity index is 1920. The first kappa shape index (κ1) is 38.7. The number of aryl methyl sites for hydroxylation is 1. The highest BCUT2D eigenvalue weighted by molar-refractivity contribution is 6.08. The molecule has 1 atom stereocenters. The summed E-state index contributed by atoms with van der Waals surface area (Å²) in [6.45, 7) is 5.76. The van der Waals surface area contributed by atoms with Crippen molar-refractivity contribution < 1.29 is 38.2 Å². The second-order valence-electron chi connectivity index (χ2n) is 13.3. The van der Waals surface area contributed by atoms with Crippen LogP contribution in [0.4, 0.5) is 20.6 Å². The number of fused-ring (bicyclic) bond motifs is 1. The number of pyridine rings is 1. The zero-order valence-electron chi connectivity index (χ0n) is 29.9. The van der Waals surface area contributed by atoms with Crippen molar-refractivity contribution in [2.45, 2.75) is 65.1 Å². The van der Waals surface area contributed by atoms with Gasteiger partial charge in [0.15, 0.2) is 0 Å². The van der Waals surface area contributed by atoms with Gasteiger partial charge >= 0.3 is 12.1 Å². The van der Waals surface area contributed by atoms with E-state index in [0.29, 0.717) is 75.2 Å². The Hall–Kier alpha value is -5.51. The number of carbonyl (C=O) groups is 5. The summed E-state index contributed by atoms with van der Waals surface area (Å²) in [4.78, 5) is 79.5. The number of anilines is 2. The van der Waals surface area contributed by atoms with Crippen molar-refractivity contribution in [2.75, 3.05) is 49.5 Å². The largest absolute Gasteiger partial charge is 0.477 e. The van der Waals surface area contributed by atoms with Gasteiger partial charge in [-0.2, -0.15) is 0 Å². The molecule has 0 bridgehead atoms. The molecule has 16 heteroatoms. The summed E-state index contributed by atoms with van der Waals surface area (Å²) in [5.41, 5.74) is 5.13. The van der Waals surface area contributed by atoms with E-state index in [2.05, 4.69) is 16.0 Å². The molecule has 5 rings (SSSR count). The van der Waals surface area contributed by atoms with Gasteiger partial charge in [0.05, 0.1) is 11.2 Å². The lowest BCUT2D eigenvalue weighted by molar-refractivity contribution is -0.150. The van der Waals surface area contributed by atoms with E-state index in [0.717, 1.165) is 12.5 Å². The third-order valence-corrected chi connectivity index (χ3v) is 9.91. The average molecular weight is 736 g/mol. The van der Waals surface area contributed by atoms with Gasteiger partial charge in [-0.3, -0.25) is 19.2 Å². The molecule has 15 nitrogen and oxygen atoms in total. The first-order chi connectivity index (χ1) is 25.4. The van der Waals surface area contributed by atoms with Crippen LogP contribution in [0.2, 0.25) is 0 Å². The number of piperazine rings is 1. The predicted octanol–water partition coefficient (Wildman–Crippen LogP) is 2.79. The van der Waals surface area contributed by atoms with Gasteiger partial charge in [0.2, 0.25) is 23.2 Å². The number of hydrogen-bond acceptors (Lipinski definition) is 9. The number of ether oxygens (including phenoxy) is 1. The van der Waals surface area contributed by atoms with Crippen molar-refractivity contribution in [3.8, 4) is 0 Å². The number of nitrogens with two attached hydrogens (primary N) is 1. The predicted molar refractivity (Wildman–Crippen MR) is 195 cm³/mol. The number of aromatic carboxylic acids is 1. The highest BCUT2D eigenvalue weighted by Crippen LogP contribution is 2.41. The molecule has 284 valence electrons. The summed E-state index contributed by atoms with van der Waals surface area (Å²) < 4.78 is 22.4. The second-order valence-corrected chi connectivity index (χ2v) is 13.3. The van der Waals surface area contributed by atoms with Crippen molar-refractivity contribution in [1.29, 1.82) is 0 Å². The maximum Gasteiger partial charge on any atom is 0.410 e. The molecule has 1 aliphatic heterocycles. The zero-order chi connectivity index (χ0) is 38.3. The summed E-state index contributed by atoms with van der Waals surface area (Å²) in [6, 6.07) is 8.43. The molecule has 3 aromatic rings. The van der Waals surface area contributed by atoms with Gasteiger partial charge in [0, 0.05) is 56.5 Å². The van der Waals surface area contributed by atoms with E-state index in [1.807, 2.05) is 0 Å². The fourth-order valence-corrected chi connectivity index (χ4v) is 6.64. The van der Waals surface area contributed by atoms with E-state index in [4.69, 9.17) is 10.5 Å². The molecule has 0 spiro atoms. The number of nitrogens with zero attached hydrogens (tertiary/aromatic N) is 3. The standard InChI is InChI=1S/C37H46FN7O8/c1-3-40-34(50)37(12-6-13-37)35(51)42-28(7-5-14-39)32(47)41-24-10-8-23(9-11-24)22-53-36(52)45-17-15-44(16-18-45)30-20-29-25(19-27(30)38)31(46)26(33(48)49)21-43(29)4-2/h8-11,19-21,28H,3-7,12-18,22,39H2,1-2H3,(H,40,50)(H,41,47)(H,42,51)(H,48,49). The van der Waals surface area contributed by atoms with Gasteiger partial charge in [-0.15, -0.1) is 0 Å². The third-order valence-electron chi connectivity index (χ3n) is 9.91. The summed E-state index contributed by atoms with van der Waals surface area (Å²) in [7, 11) is 0. The lowest BCUT2D eigenvalue weighted by atomic mass is 9.67. The number of rotatable bonds is 14. The van der Waals surface area contributed by atoms with E-state index in [1.165, 1.54) is 17.2 Å². The summed E-state index contributed by atoms with van der Waals surface area (Å²) in [6.07, 6.45) is 3.11. The van der Waals surface area contributed by atoms with Crippen molar-refractivity contribution in [1.82, 2.24) is 20.1 Å². The highest BCUT2D eigenvalue weighted by Gasteiger charge is 2.51. The Labute approximate surface area is 305 Å². The van der Waals surface area contributed by atoms with Crippen LogP contribution in [0.3, 0.4) is 0 Å². The molecule has 2 heterocycles. The second kappa shape index (κ2) is 16.9. The number of carboxylic acid groups (broad SMARTS) is 1. The first-order valence-electron chi connectivity index (χ1n) is 17.9. The molecule has 1 saturated carbocycles. The van der Waals surface area contributed by atoms with Gasteiger partial charge in [-0.1, -0.05) is 18.6 Å². The van der Waals surface area contributed by atoms with Crippen LogP contribution in [-0.2, 0) is 32.3 Å². The van der Waals surface area contributed by atoms with Crippen LogP contribution in [0.15, 0.2) is 47.4 Å². The van der Waals surface area contributed by atoms with Crippen LogP contribution >= 0.6 is 0 Å². The molecule has 1 aromatic heterocycles. The van der Waals surface area contributed by atoms with Crippen LogP contribution in [0.5, 0.6) is 0 Å². The van der Waals surface area contributed by atoms with E-state index in [9.17, 15) is 33.9 Å². The van der Waals surface area contributed by atoms with E-state index in [1.54, 1.807) is 47.6 Å². The molecule has 0 radical (unpaired) electrons. The third kappa shape index (κ3) is 8.43. The number of benzene rings is 2. The smallest absolute Gasteiger partial charge is 0.410 e. The lowest BCUT2D eigenvalue weighted by Crippen LogP contribution is -2.58. The minimum Gasteiger partial charge on any atom is -0.477 e. The molecule has 1 aliphatic carbocycles. The van der Waals surface area contributed by atoms with Gasteiger partial charge < -0.3 is 45.9 Å². The Morgan fingerprint density at radius 2 is 1.72 bits per heavy atom. The normalized spacial score (nSPS) is 15.6. The lowest BCUT2D eigenvalue weighted by Gasteiger charge is -2.39. The molecular formula is C37H46FN7O8. The maximum absolute atomic E-state index is 15.3. The summed E-state index contributed by atoms with van der Waals surface area (Å²) >= 11 is 0. The van der Waals surface area contributed by atoms with E-state index < -0.39 is 52.1 Å². The molecule has 1 unspecified atom stereocenters. The van der Waals surface area contributed by atoms with Crippen LogP contribution < -0.4 is 32.0 Å². The average Bonchev–Trinajstić information content (AvgIpc) is 3.12. The Kier molecular flexibility index (Phi) is 12.3. The molecule has 6 N–H and O–H groups in total. The monoisotopic (exact) mass is 735 g/mol. The number of carbonyl (C=O) groups excluding carboxylic acids is 4. The number of nitrogens with one attached hydrogen (secondary N) is 3. The molecule has 2 fully saturated rings. The van der Waals surface area contributed by atoms with Crippen molar-refractivity contribution in [3.05, 3.63) is 69.8 Å². The van der Waals surface area contributed by atoms with Crippen molar-refractivity contribution in [3.63, 3.8) is 0 Å². The molecular weight excluding hydrogens is 689 g/mol. The van der Waals surface area contributed by atoms with Crippen LogP contribution in [0, 0.1) is 11.2 Å². The molecule has 2 aliphatic rings. The number of hydrogen-bond donors (Lipinski definition) is 5. The summed E-state index contributed by atoms with van der Waals surface area (Å²) in [5.74, 6) is -3.28. The Morgan fingerprint density at radius 3 is 2.30 bits per heavy atom. The molecule has 2 aromatic carbocycles. The number of aromatic nitrogens is 1. The maximum atomic E-state index is 15.3. The minimum absolute atomic E-state index is 0.0163. The fourth-order valence-electron chi connectivity index (χ4n) is 6.64. The van der Waals surface area contributed by atoms with Gasteiger partial charge in [-0.25, -0.2) is 14.0 Å². The van der Waals surface area contributed by atoms with Crippen molar-refractivity contribution >= 4 is 52.1 Å². The molecule has 4 amide bonds. The van der Waals surface area contributed by atoms with Gasteiger partial charge in [0.1, 0.15) is 29.4 Å². The van der Waals surface area contributed by atoms with Crippen LogP contribution in [0.1, 0.15) is 61.9 Å². The molecule has 1 saturated heterocycles. The summed E-state index contributed by atoms with van der Waals surface area (Å²) in [5, 5.41) is 17.7. The van der Waals surface area contributed by atoms with E-state index in [-0.39, 0.29) is 36.7 Å². The zero-order valence-corrected chi connectivity index (χ0v) is 29.9.